The number of carbonyl (C=O) groups excluding carboxylic acids is 1. The molecule has 0 aliphatic carbocycles. The second-order valence-corrected chi connectivity index (χ2v) is 7.41. The maximum absolute atomic E-state index is 12.3. The Kier molecular flexibility index (Phi) is 6.48. The molecule has 0 unspecified atom stereocenters. The molecule has 1 aromatic heterocycles. The summed E-state index contributed by atoms with van der Waals surface area (Å²) in [6.07, 6.45) is 1.18. The van der Waals surface area contributed by atoms with E-state index in [1.54, 1.807) is 0 Å². The molecule has 2 saturated heterocycles. The van der Waals surface area contributed by atoms with E-state index in [1.165, 1.54) is 17.8 Å². The zero-order chi connectivity index (χ0) is 18.5. The molecule has 3 heterocycles. The molecule has 1 amide bonds. The van der Waals surface area contributed by atoms with E-state index in [4.69, 9.17) is 4.98 Å². The molecule has 0 aromatic carbocycles. The average molecular weight is 360 g/mol. The molecule has 0 spiro atoms. The van der Waals surface area contributed by atoms with Crippen LogP contribution in [-0.2, 0) is 4.79 Å². The minimum atomic E-state index is 0.249. The van der Waals surface area contributed by atoms with Gasteiger partial charge in [-0.3, -0.25) is 14.7 Å². The Labute approximate surface area is 157 Å². The fourth-order valence-corrected chi connectivity index (χ4v) is 4.01. The van der Waals surface area contributed by atoms with Crippen molar-refractivity contribution in [3.05, 3.63) is 23.5 Å². The van der Waals surface area contributed by atoms with Gasteiger partial charge in [0.25, 0.3) is 0 Å². The SMILES string of the molecule is CCN(CC)C(=O)CN1CCN(c2cc(C)nc([C@H]3CCNC3)c2)CC1. The summed E-state index contributed by atoms with van der Waals surface area (Å²) < 4.78 is 0. The van der Waals surface area contributed by atoms with E-state index in [-0.39, 0.29) is 5.91 Å². The molecule has 1 atom stereocenters. The molecular weight excluding hydrogens is 326 g/mol. The number of carbonyl (C=O) groups is 1. The van der Waals surface area contributed by atoms with Crippen LogP contribution in [0.4, 0.5) is 5.69 Å². The molecule has 0 bridgehead atoms. The standard InChI is InChI=1S/C20H33N5O/c1-4-24(5-2)20(26)15-23-8-10-25(11-9-23)18-12-16(3)22-19(13-18)17-6-7-21-14-17/h12-13,17,21H,4-11,14-15H2,1-3H3/t17-/m0/s1. The van der Waals surface area contributed by atoms with Gasteiger partial charge < -0.3 is 15.1 Å². The summed E-state index contributed by atoms with van der Waals surface area (Å²) in [7, 11) is 0. The topological polar surface area (TPSA) is 51.7 Å². The Hall–Kier alpha value is -1.66. The van der Waals surface area contributed by atoms with Gasteiger partial charge in [-0.2, -0.15) is 0 Å². The molecule has 26 heavy (non-hydrogen) atoms. The highest BCUT2D eigenvalue weighted by Crippen LogP contribution is 2.26. The number of nitrogens with zero attached hydrogens (tertiary/aromatic N) is 4. The third-order valence-corrected chi connectivity index (χ3v) is 5.65. The number of amides is 1. The molecule has 0 radical (unpaired) electrons. The Balaban J connectivity index is 1.58. The fraction of sp³-hybridized carbons (Fsp3) is 0.700. The number of hydrogen-bond donors (Lipinski definition) is 1. The van der Waals surface area contributed by atoms with Crippen molar-refractivity contribution in [3.8, 4) is 0 Å². The van der Waals surface area contributed by atoms with Crippen LogP contribution in [0.1, 0.15) is 37.6 Å². The van der Waals surface area contributed by atoms with Crippen molar-refractivity contribution in [3.63, 3.8) is 0 Å². The minimum Gasteiger partial charge on any atom is -0.369 e. The normalized spacial score (nSPS) is 21.2. The van der Waals surface area contributed by atoms with E-state index < -0.39 is 0 Å². The number of hydrogen-bond acceptors (Lipinski definition) is 5. The van der Waals surface area contributed by atoms with Crippen LogP contribution >= 0.6 is 0 Å². The van der Waals surface area contributed by atoms with E-state index >= 15 is 0 Å². The largest absolute Gasteiger partial charge is 0.369 e. The van der Waals surface area contributed by atoms with E-state index in [0.717, 1.165) is 58.1 Å². The predicted octanol–water partition coefficient (Wildman–Crippen LogP) is 1.46. The minimum absolute atomic E-state index is 0.249. The third kappa shape index (κ3) is 4.54. The summed E-state index contributed by atoms with van der Waals surface area (Å²) in [6.45, 7) is 14.3. The molecule has 0 saturated carbocycles. The third-order valence-electron chi connectivity index (χ3n) is 5.65. The highest BCUT2D eigenvalue weighted by molar-refractivity contribution is 5.78. The van der Waals surface area contributed by atoms with Crippen LogP contribution in [0.15, 0.2) is 12.1 Å². The van der Waals surface area contributed by atoms with Crippen LogP contribution in [0.3, 0.4) is 0 Å². The van der Waals surface area contributed by atoms with E-state index in [2.05, 4.69) is 34.2 Å². The molecule has 2 aliphatic heterocycles. The van der Waals surface area contributed by atoms with Crippen molar-refractivity contribution < 1.29 is 4.79 Å². The summed E-state index contributed by atoms with van der Waals surface area (Å²) in [6, 6.07) is 4.48. The number of nitrogens with one attached hydrogen (secondary N) is 1. The zero-order valence-corrected chi connectivity index (χ0v) is 16.5. The van der Waals surface area contributed by atoms with E-state index in [9.17, 15) is 4.79 Å². The van der Waals surface area contributed by atoms with Gasteiger partial charge >= 0.3 is 0 Å². The van der Waals surface area contributed by atoms with Crippen LogP contribution in [0.5, 0.6) is 0 Å². The molecule has 2 aliphatic rings. The van der Waals surface area contributed by atoms with Crippen LogP contribution in [-0.4, -0.2) is 79.6 Å². The van der Waals surface area contributed by atoms with Gasteiger partial charge in [0.2, 0.25) is 5.91 Å². The Bertz CT molecular complexity index is 602. The van der Waals surface area contributed by atoms with Gasteiger partial charge in [0.1, 0.15) is 0 Å². The van der Waals surface area contributed by atoms with Gasteiger partial charge in [-0.05, 0) is 45.9 Å². The highest BCUT2D eigenvalue weighted by Gasteiger charge is 2.23. The number of aromatic nitrogens is 1. The lowest BCUT2D eigenvalue weighted by atomic mass is 10.0. The second kappa shape index (κ2) is 8.82. The highest BCUT2D eigenvalue weighted by atomic mass is 16.2. The maximum Gasteiger partial charge on any atom is 0.236 e. The summed E-state index contributed by atoms with van der Waals surface area (Å²) >= 11 is 0. The van der Waals surface area contributed by atoms with E-state index in [0.29, 0.717) is 12.5 Å². The van der Waals surface area contributed by atoms with Crippen LogP contribution in [0.2, 0.25) is 0 Å². The van der Waals surface area contributed by atoms with Crippen molar-refractivity contribution in [2.45, 2.75) is 33.1 Å². The second-order valence-electron chi connectivity index (χ2n) is 7.41. The molecule has 6 nitrogen and oxygen atoms in total. The monoisotopic (exact) mass is 359 g/mol. The number of rotatable bonds is 6. The Morgan fingerprint density at radius 2 is 1.96 bits per heavy atom. The van der Waals surface area contributed by atoms with Gasteiger partial charge in [0, 0.05) is 68.8 Å². The summed E-state index contributed by atoms with van der Waals surface area (Å²) in [4.78, 5) is 23.7. The molecule has 3 rings (SSSR count). The maximum atomic E-state index is 12.3. The summed E-state index contributed by atoms with van der Waals surface area (Å²) in [5, 5.41) is 3.44. The summed E-state index contributed by atoms with van der Waals surface area (Å²) in [5.41, 5.74) is 3.61. The first kappa shape index (κ1) is 19.1. The Morgan fingerprint density at radius 3 is 2.58 bits per heavy atom. The summed E-state index contributed by atoms with van der Waals surface area (Å²) in [5.74, 6) is 0.792. The smallest absolute Gasteiger partial charge is 0.236 e. The first-order valence-corrected chi connectivity index (χ1v) is 10.0. The van der Waals surface area contributed by atoms with E-state index in [1.807, 2.05) is 18.7 Å². The lowest BCUT2D eigenvalue weighted by Crippen LogP contribution is -2.50. The molecule has 2 fully saturated rings. The average Bonchev–Trinajstić information content (AvgIpc) is 3.17. The molecule has 1 aromatic rings. The van der Waals surface area contributed by atoms with Gasteiger partial charge in [-0.15, -0.1) is 0 Å². The number of pyridine rings is 1. The van der Waals surface area contributed by atoms with Crippen LogP contribution < -0.4 is 10.2 Å². The zero-order valence-electron chi connectivity index (χ0n) is 16.5. The fourth-order valence-electron chi connectivity index (χ4n) is 4.01. The van der Waals surface area contributed by atoms with Gasteiger partial charge in [-0.25, -0.2) is 0 Å². The molecule has 6 heteroatoms. The quantitative estimate of drug-likeness (QED) is 0.833. The predicted molar refractivity (Wildman–Crippen MR) is 106 cm³/mol. The Morgan fingerprint density at radius 1 is 1.23 bits per heavy atom. The molecular formula is C20H33N5O. The lowest BCUT2D eigenvalue weighted by molar-refractivity contribution is -0.132. The van der Waals surface area contributed by atoms with Crippen molar-refractivity contribution in [1.82, 2.24) is 20.1 Å². The first-order valence-electron chi connectivity index (χ1n) is 10.0. The number of anilines is 1. The number of aryl methyl sites for hydroxylation is 1. The first-order chi connectivity index (χ1) is 12.6. The van der Waals surface area contributed by atoms with Gasteiger partial charge in [0.05, 0.1) is 6.54 Å². The van der Waals surface area contributed by atoms with Gasteiger partial charge in [-0.1, -0.05) is 0 Å². The van der Waals surface area contributed by atoms with Crippen LogP contribution in [0, 0.1) is 6.92 Å². The van der Waals surface area contributed by atoms with Crippen molar-refractivity contribution in [2.24, 2.45) is 0 Å². The number of piperazine rings is 1. The van der Waals surface area contributed by atoms with Crippen molar-refractivity contribution >= 4 is 11.6 Å². The molecule has 1 N–H and O–H groups in total. The molecule has 144 valence electrons. The van der Waals surface area contributed by atoms with Gasteiger partial charge in [0.15, 0.2) is 0 Å². The number of likely N-dealkylation sites (N-methyl/N-ethyl adjacent to an activating group) is 1. The lowest BCUT2D eigenvalue weighted by Gasteiger charge is -2.36. The van der Waals surface area contributed by atoms with Crippen LogP contribution in [0.25, 0.3) is 0 Å². The van der Waals surface area contributed by atoms with Crippen molar-refractivity contribution in [2.75, 3.05) is 63.8 Å². The van der Waals surface area contributed by atoms with Crippen molar-refractivity contribution in [1.29, 1.82) is 0 Å².